The summed E-state index contributed by atoms with van der Waals surface area (Å²) < 4.78 is 6.17. The van der Waals surface area contributed by atoms with Crippen LogP contribution in [0.15, 0.2) is 186 Å². The van der Waals surface area contributed by atoms with Crippen molar-refractivity contribution in [2.75, 3.05) is 4.90 Å². The van der Waals surface area contributed by atoms with Crippen LogP contribution >= 0.6 is 0 Å². The fourth-order valence-electron chi connectivity index (χ4n) is 6.70. The molecule has 0 spiro atoms. The Bertz CT molecular complexity index is 2540. The third-order valence-corrected chi connectivity index (χ3v) is 9.08. The average molecular weight is 615 g/mol. The summed E-state index contributed by atoms with van der Waals surface area (Å²) in [7, 11) is 0. The van der Waals surface area contributed by atoms with E-state index >= 15 is 0 Å². The Balaban J connectivity index is 1.10. The summed E-state index contributed by atoms with van der Waals surface area (Å²) in [6.45, 7) is 0. The van der Waals surface area contributed by atoms with Crippen LogP contribution < -0.4 is 4.90 Å². The van der Waals surface area contributed by atoms with Crippen LogP contribution in [0.25, 0.3) is 66.4 Å². The van der Waals surface area contributed by atoms with Gasteiger partial charge in [-0.05, 0) is 105 Å². The van der Waals surface area contributed by atoms with Crippen LogP contribution in [0, 0.1) is 0 Å². The second kappa shape index (κ2) is 11.7. The number of fused-ring (bicyclic) bond motifs is 4. The van der Waals surface area contributed by atoms with E-state index in [1.807, 2.05) is 36.4 Å². The highest BCUT2D eigenvalue weighted by Gasteiger charge is 2.16. The van der Waals surface area contributed by atoms with E-state index in [9.17, 15) is 0 Å². The van der Waals surface area contributed by atoms with Crippen LogP contribution in [0.3, 0.4) is 0 Å². The van der Waals surface area contributed by atoms with Crippen molar-refractivity contribution in [2.45, 2.75) is 0 Å². The van der Waals surface area contributed by atoms with Crippen LogP contribution in [0.1, 0.15) is 0 Å². The topological polar surface area (TPSA) is 29.3 Å². The standard InChI is InChI=1S/C45H30N2O/c1-4-11-31(12-5-1)32-21-24-38(25-22-32)47(37-15-8-3-9-16-37)39-26-23-34-29-36(20-19-35(34)30-39)40-17-10-18-42-41(40)27-28-43-44(42)46-45(48-43)33-13-6-2-7-14-33/h1-30H. The van der Waals surface area contributed by atoms with E-state index in [1.165, 1.54) is 33.0 Å². The van der Waals surface area contributed by atoms with Crippen LogP contribution in [-0.2, 0) is 0 Å². The summed E-state index contributed by atoms with van der Waals surface area (Å²) >= 11 is 0. The highest BCUT2D eigenvalue weighted by atomic mass is 16.3. The Morgan fingerprint density at radius 1 is 0.396 bits per heavy atom. The van der Waals surface area contributed by atoms with Gasteiger partial charge in [0.2, 0.25) is 5.89 Å². The molecule has 0 fully saturated rings. The van der Waals surface area contributed by atoms with E-state index in [0.717, 1.165) is 44.5 Å². The quantitative estimate of drug-likeness (QED) is 0.187. The van der Waals surface area contributed by atoms with Crippen LogP contribution in [0.4, 0.5) is 17.1 Å². The smallest absolute Gasteiger partial charge is 0.227 e. The number of nitrogens with zero attached hydrogens (tertiary/aromatic N) is 2. The van der Waals surface area contributed by atoms with Gasteiger partial charge in [-0.2, -0.15) is 0 Å². The zero-order valence-electron chi connectivity index (χ0n) is 26.1. The number of oxazole rings is 1. The summed E-state index contributed by atoms with van der Waals surface area (Å²) in [5, 5.41) is 4.62. The van der Waals surface area contributed by atoms with Crippen molar-refractivity contribution in [3.05, 3.63) is 182 Å². The Kier molecular flexibility index (Phi) is 6.80. The second-order valence-corrected chi connectivity index (χ2v) is 12.0. The first-order valence-corrected chi connectivity index (χ1v) is 16.2. The maximum absolute atomic E-state index is 6.17. The molecule has 0 amide bonds. The number of anilines is 3. The lowest BCUT2D eigenvalue weighted by Crippen LogP contribution is -2.09. The monoisotopic (exact) mass is 614 g/mol. The van der Waals surface area contributed by atoms with E-state index in [-0.39, 0.29) is 0 Å². The molecule has 0 N–H and O–H groups in total. The Morgan fingerprint density at radius 2 is 1.00 bits per heavy atom. The predicted molar refractivity (Wildman–Crippen MR) is 200 cm³/mol. The first-order valence-electron chi connectivity index (χ1n) is 16.2. The lowest BCUT2D eigenvalue weighted by molar-refractivity contribution is 0.620. The number of aromatic nitrogens is 1. The molecule has 0 aliphatic rings. The van der Waals surface area contributed by atoms with Gasteiger partial charge in [0, 0.05) is 28.0 Å². The maximum Gasteiger partial charge on any atom is 0.227 e. The molecule has 3 nitrogen and oxygen atoms in total. The number of benzene rings is 8. The molecule has 0 bridgehead atoms. The number of hydrogen-bond acceptors (Lipinski definition) is 3. The van der Waals surface area contributed by atoms with Gasteiger partial charge in [0.25, 0.3) is 0 Å². The first-order chi connectivity index (χ1) is 23.8. The molecule has 0 atom stereocenters. The largest absolute Gasteiger partial charge is 0.436 e. The van der Waals surface area contributed by atoms with Gasteiger partial charge in [-0.25, -0.2) is 4.98 Å². The maximum atomic E-state index is 6.17. The second-order valence-electron chi connectivity index (χ2n) is 12.0. The third kappa shape index (κ3) is 4.99. The van der Waals surface area contributed by atoms with Gasteiger partial charge in [-0.1, -0.05) is 115 Å². The van der Waals surface area contributed by atoms with Crippen molar-refractivity contribution < 1.29 is 4.42 Å². The van der Waals surface area contributed by atoms with Gasteiger partial charge < -0.3 is 9.32 Å². The molecule has 0 saturated carbocycles. The van der Waals surface area contributed by atoms with Gasteiger partial charge in [-0.3, -0.25) is 0 Å². The molecule has 48 heavy (non-hydrogen) atoms. The molecule has 9 rings (SSSR count). The molecule has 226 valence electrons. The minimum absolute atomic E-state index is 0.640. The van der Waals surface area contributed by atoms with Crippen molar-refractivity contribution in [3.8, 4) is 33.7 Å². The molecule has 9 aromatic rings. The van der Waals surface area contributed by atoms with E-state index in [2.05, 4.69) is 150 Å². The van der Waals surface area contributed by atoms with Crippen molar-refractivity contribution in [2.24, 2.45) is 0 Å². The van der Waals surface area contributed by atoms with Gasteiger partial charge in [-0.15, -0.1) is 0 Å². The van der Waals surface area contributed by atoms with Crippen LogP contribution in [0.5, 0.6) is 0 Å². The zero-order chi connectivity index (χ0) is 31.9. The molecule has 0 radical (unpaired) electrons. The molecule has 0 unspecified atom stereocenters. The van der Waals surface area contributed by atoms with E-state index in [1.54, 1.807) is 0 Å². The average Bonchev–Trinajstić information content (AvgIpc) is 3.61. The fourth-order valence-corrected chi connectivity index (χ4v) is 6.70. The lowest BCUT2D eigenvalue weighted by atomic mass is 9.95. The first kappa shape index (κ1) is 27.8. The van der Waals surface area contributed by atoms with E-state index < -0.39 is 0 Å². The summed E-state index contributed by atoms with van der Waals surface area (Å²) in [6.07, 6.45) is 0. The van der Waals surface area contributed by atoms with Gasteiger partial charge in [0.05, 0.1) is 0 Å². The van der Waals surface area contributed by atoms with Crippen molar-refractivity contribution in [3.63, 3.8) is 0 Å². The summed E-state index contributed by atoms with van der Waals surface area (Å²) in [5.74, 6) is 0.640. The van der Waals surface area contributed by atoms with Crippen LogP contribution in [-0.4, -0.2) is 4.98 Å². The number of rotatable bonds is 6. The summed E-state index contributed by atoms with van der Waals surface area (Å²) in [5.41, 5.74) is 10.8. The highest BCUT2D eigenvalue weighted by Crippen LogP contribution is 2.39. The zero-order valence-corrected chi connectivity index (χ0v) is 26.1. The summed E-state index contributed by atoms with van der Waals surface area (Å²) in [4.78, 5) is 7.24. The molecular weight excluding hydrogens is 585 g/mol. The molecule has 0 aliphatic heterocycles. The predicted octanol–water partition coefficient (Wildman–Crippen LogP) is 12.6. The third-order valence-electron chi connectivity index (χ3n) is 9.08. The van der Waals surface area contributed by atoms with E-state index in [0.29, 0.717) is 5.89 Å². The molecule has 1 heterocycles. The minimum atomic E-state index is 0.640. The van der Waals surface area contributed by atoms with Crippen molar-refractivity contribution >= 4 is 49.7 Å². The van der Waals surface area contributed by atoms with Crippen molar-refractivity contribution in [1.82, 2.24) is 4.98 Å². The molecule has 0 saturated heterocycles. The molecule has 0 aliphatic carbocycles. The van der Waals surface area contributed by atoms with Gasteiger partial charge >= 0.3 is 0 Å². The Labute approximate surface area is 279 Å². The molecular formula is C45H30N2O. The Morgan fingerprint density at radius 3 is 1.77 bits per heavy atom. The number of para-hydroxylation sites is 1. The van der Waals surface area contributed by atoms with Gasteiger partial charge in [0.1, 0.15) is 5.52 Å². The molecule has 1 aromatic heterocycles. The molecule has 3 heteroatoms. The molecule has 8 aromatic carbocycles. The van der Waals surface area contributed by atoms with Crippen LogP contribution in [0.2, 0.25) is 0 Å². The fraction of sp³-hybridized carbons (Fsp3) is 0. The van der Waals surface area contributed by atoms with E-state index in [4.69, 9.17) is 9.40 Å². The SMILES string of the molecule is c1ccc(-c2ccc(N(c3ccccc3)c3ccc4cc(-c5cccc6c5ccc5oc(-c7ccccc7)nc56)ccc4c3)cc2)cc1. The highest BCUT2D eigenvalue weighted by molar-refractivity contribution is 6.10. The summed E-state index contributed by atoms with van der Waals surface area (Å²) in [6, 6.07) is 64.1. The number of hydrogen-bond donors (Lipinski definition) is 0. The Hall–Kier alpha value is -6.45. The van der Waals surface area contributed by atoms with Crippen molar-refractivity contribution in [1.29, 1.82) is 0 Å². The van der Waals surface area contributed by atoms with Gasteiger partial charge in [0.15, 0.2) is 5.58 Å². The lowest BCUT2D eigenvalue weighted by Gasteiger charge is -2.26. The normalized spacial score (nSPS) is 11.3. The minimum Gasteiger partial charge on any atom is -0.436 e.